The van der Waals surface area contributed by atoms with Crippen molar-refractivity contribution in [2.24, 2.45) is 5.92 Å². The van der Waals surface area contributed by atoms with E-state index in [1.54, 1.807) is 12.1 Å². The first kappa shape index (κ1) is 16.2. The number of hydrogen-bond acceptors (Lipinski definition) is 4. The van der Waals surface area contributed by atoms with Crippen LogP contribution in [-0.4, -0.2) is 36.0 Å². The monoisotopic (exact) mass is 311 g/mol. The van der Waals surface area contributed by atoms with E-state index in [4.69, 9.17) is 11.6 Å². The quantitative estimate of drug-likeness (QED) is 0.648. The molecule has 1 aromatic rings. The molecular formula is C15H22ClN3O2. The first-order valence-electron chi connectivity index (χ1n) is 7.46. The highest BCUT2D eigenvalue weighted by Gasteiger charge is 2.20. The van der Waals surface area contributed by atoms with Crippen LogP contribution in [0.4, 0.5) is 5.69 Å². The molecule has 2 rings (SSSR count). The Morgan fingerprint density at radius 3 is 2.95 bits per heavy atom. The molecule has 1 fully saturated rings. The summed E-state index contributed by atoms with van der Waals surface area (Å²) >= 11 is 5.86. The van der Waals surface area contributed by atoms with Gasteiger partial charge in [-0.15, -0.1) is 0 Å². The minimum absolute atomic E-state index is 0.114. The van der Waals surface area contributed by atoms with E-state index in [2.05, 4.69) is 17.1 Å². The lowest BCUT2D eigenvalue weighted by molar-refractivity contribution is -0.385. The minimum atomic E-state index is -0.350. The smallest absolute Gasteiger partial charge is 0.275 e. The van der Waals surface area contributed by atoms with Gasteiger partial charge in [-0.25, -0.2) is 0 Å². The maximum Gasteiger partial charge on any atom is 0.275 e. The number of nitro groups is 1. The van der Waals surface area contributed by atoms with E-state index in [0.717, 1.165) is 31.7 Å². The Morgan fingerprint density at radius 1 is 1.52 bits per heavy atom. The van der Waals surface area contributed by atoms with Gasteiger partial charge in [0, 0.05) is 29.7 Å². The van der Waals surface area contributed by atoms with Crippen LogP contribution >= 0.6 is 11.6 Å². The Kier molecular flexibility index (Phi) is 5.96. The number of nitro benzene ring substituents is 1. The van der Waals surface area contributed by atoms with Gasteiger partial charge in [-0.3, -0.25) is 15.0 Å². The maximum atomic E-state index is 11.2. The zero-order valence-electron chi connectivity index (χ0n) is 12.3. The molecule has 6 heteroatoms. The lowest BCUT2D eigenvalue weighted by Gasteiger charge is -2.29. The lowest BCUT2D eigenvalue weighted by Crippen LogP contribution is -2.38. The van der Waals surface area contributed by atoms with E-state index in [1.165, 1.54) is 18.9 Å². The van der Waals surface area contributed by atoms with Gasteiger partial charge in [0.25, 0.3) is 5.69 Å². The van der Waals surface area contributed by atoms with Crippen LogP contribution in [0.1, 0.15) is 25.3 Å². The highest BCUT2D eigenvalue weighted by atomic mass is 35.5. The molecule has 0 saturated carbocycles. The highest BCUT2D eigenvalue weighted by molar-refractivity contribution is 6.30. The van der Waals surface area contributed by atoms with E-state index in [1.807, 2.05) is 0 Å². The van der Waals surface area contributed by atoms with Gasteiger partial charge in [-0.05, 0) is 50.5 Å². The highest BCUT2D eigenvalue weighted by Crippen LogP contribution is 2.25. The van der Waals surface area contributed by atoms with Crippen LogP contribution in [0.5, 0.6) is 0 Å². The molecule has 5 nitrogen and oxygen atoms in total. The van der Waals surface area contributed by atoms with Crippen LogP contribution < -0.4 is 5.32 Å². The Bertz CT molecular complexity index is 490. The molecule has 0 bridgehead atoms. The normalized spacial score (nSPS) is 18.9. The largest absolute Gasteiger partial charge is 0.316 e. The molecule has 1 heterocycles. The number of nitrogens with one attached hydrogen (secondary N) is 1. The predicted octanol–water partition coefficient (Wildman–Crippen LogP) is 3.07. The molecule has 116 valence electrons. The molecule has 0 amide bonds. The Hall–Kier alpha value is -1.17. The number of nitrogens with zero attached hydrogens (tertiary/aromatic N) is 2. The van der Waals surface area contributed by atoms with Crippen LogP contribution in [0.15, 0.2) is 18.2 Å². The molecule has 1 atom stereocenters. The molecule has 1 aromatic carbocycles. The Labute approximate surface area is 130 Å². The van der Waals surface area contributed by atoms with Crippen molar-refractivity contribution in [3.8, 4) is 0 Å². The third-order valence-electron chi connectivity index (χ3n) is 4.00. The molecule has 1 N–H and O–H groups in total. The summed E-state index contributed by atoms with van der Waals surface area (Å²) in [6, 6.07) is 4.93. The Balaban J connectivity index is 2.05. The summed E-state index contributed by atoms with van der Waals surface area (Å²) in [4.78, 5) is 13.1. The fraction of sp³-hybridized carbons (Fsp3) is 0.600. The van der Waals surface area contributed by atoms with Crippen LogP contribution in [0, 0.1) is 16.0 Å². The van der Waals surface area contributed by atoms with Crippen LogP contribution in [0.3, 0.4) is 0 Å². The van der Waals surface area contributed by atoms with Gasteiger partial charge in [-0.1, -0.05) is 18.5 Å². The van der Waals surface area contributed by atoms with Crippen LogP contribution in [0.25, 0.3) is 0 Å². The van der Waals surface area contributed by atoms with Crippen LogP contribution in [0.2, 0.25) is 5.02 Å². The molecule has 1 unspecified atom stereocenters. The van der Waals surface area contributed by atoms with Crippen molar-refractivity contribution in [1.29, 1.82) is 0 Å². The summed E-state index contributed by atoms with van der Waals surface area (Å²) in [6.07, 6.45) is 2.44. The maximum absolute atomic E-state index is 11.2. The second kappa shape index (κ2) is 7.73. The molecule has 0 radical (unpaired) electrons. The second-order valence-corrected chi connectivity index (χ2v) is 6.01. The van der Waals surface area contributed by atoms with E-state index < -0.39 is 0 Å². The fourth-order valence-corrected chi connectivity index (χ4v) is 3.00. The summed E-state index contributed by atoms with van der Waals surface area (Å²) in [6.45, 7) is 6.70. The van der Waals surface area contributed by atoms with Gasteiger partial charge in [0.2, 0.25) is 0 Å². The molecule has 1 aliphatic rings. The molecule has 1 saturated heterocycles. The number of benzene rings is 1. The third kappa shape index (κ3) is 4.66. The summed E-state index contributed by atoms with van der Waals surface area (Å²) in [7, 11) is 0. The predicted molar refractivity (Wildman–Crippen MR) is 84.7 cm³/mol. The van der Waals surface area contributed by atoms with E-state index in [9.17, 15) is 10.1 Å². The zero-order chi connectivity index (χ0) is 15.2. The van der Waals surface area contributed by atoms with Crippen LogP contribution in [-0.2, 0) is 6.54 Å². The van der Waals surface area contributed by atoms with Crippen molar-refractivity contribution >= 4 is 17.3 Å². The molecule has 0 spiro atoms. The van der Waals surface area contributed by atoms with Crippen molar-refractivity contribution < 1.29 is 4.92 Å². The van der Waals surface area contributed by atoms with E-state index >= 15 is 0 Å². The average molecular weight is 312 g/mol. The summed E-state index contributed by atoms with van der Waals surface area (Å²) < 4.78 is 0. The van der Waals surface area contributed by atoms with Gasteiger partial charge in [-0.2, -0.15) is 0 Å². The minimum Gasteiger partial charge on any atom is -0.316 e. The lowest BCUT2D eigenvalue weighted by atomic mass is 9.99. The topological polar surface area (TPSA) is 58.4 Å². The second-order valence-electron chi connectivity index (χ2n) is 5.57. The van der Waals surface area contributed by atoms with E-state index in [-0.39, 0.29) is 10.6 Å². The number of halogens is 1. The van der Waals surface area contributed by atoms with Gasteiger partial charge in [0.1, 0.15) is 0 Å². The van der Waals surface area contributed by atoms with Gasteiger partial charge < -0.3 is 5.32 Å². The summed E-state index contributed by atoms with van der Waals surface area (Å²) in [5.74, 6) is 0.630. The fourth-order valence-electron chi connectivity index (χ4n) is 2.83. The first-order valence-corrected chi connectivity index (χ1v) is 7.83. The number of hydrogen-bond donors (Lipinski definition) is 1. The standard InChI is InChI=1S/C15H22ClN3O2/c1-2-18(10-12-4-3-7-17-9-12)11-13-5-6-14(16)8-15(13)19(20)21/h5-6,8,12,17H,2-4,7,9-11H2,1H3. The zero-order valence-corrected chi connectivity index (χ0v) is 13.1. The summed E-state index contributed by atoms with van der Waals surface area (Å²) in [5, 5.41) is 15.0. The van der Waals surface area contributed by atoms with Gasteiger partial charge in [0.15, 0.2) is 0 Å². The number of rotatable bonds is 6. The molecule has 21 heavy (non-hydrogen) atoms. The van der Waals surface area contributed by atoms with Crippen molar-refractivity contribution in [2.45, 2.75) is 26.3 Å². The molecular weight excluding hydrogens is 290 g/mol. The van der Waals surface area contributed by atoms with Crippen molar-refractivity contribution in [3.63, 3.8) is 0 Å². The third-order valence-corrected chi connectivity index (χ3v) is 4.24. The first-order chi connectivity index (χ1) is 10.1. The van der Waals surface area contributed by atoms with Crippen molar-refractivity contribution in [2.75, 3.05) is 26.2 Å². The van der Waals surface area contributed by atoms with Gasteiger partial charge >= 0.3 is 0 Å². The summed E-state index contributed by atoms with van der Waals surface area (Å²) in [5.41, 5.74) is 0.845. The Morgan fingerprint density at radius 2 is 2.33 bits per heavy atom. The number of piperidine rings is 1. The van der Waals surface area contributed by atoms with Gasteiger partial charge in [0.05, 0.1) is 4.92 Å². The van der Waals surface area contributed by atoms with Crippen molar-refractivity contribution in [3.05, 3.63) is 38.9 Å². The van der Waals surface area contributed by atoms with E-state index in [0.29, 0.717) is 17.5 Å². The SMILES string of the molecule is CCN(Cc1ccc(Cl)cc1[N+](=O)[O-])CC1CCCNC1. The molecule has 1 aliphatic heterocycles. The molecule has 0 aliphatic carbocycles. The van der Waals surface area contributed by atoms with Crippen molar-refractivity contribution in [1.82, 2.24) is 10.2 Å². The average Bonchev–Trinajstić information content (AvgIpc) is 2.49. The molecule has 0 aromatic heterocycles.